The van der Waals surface area contributed by atoms with Crippen LogP contribution in [0.5, 0.6) is 5.75 Å². The summed E-state index contributed by atoms with van der Waals surface area (Å²) in [5.74, 6) is 0.564. The van der Waals surface area contributed by atoms with Gasteiger partial charge >= 0.3 is 0 Å². The number of ether oxygens (including phenoxy) is 1. The summed E-state index contributed by atoms with van der Waals surface area (Å²) in [5, 5.41) is 9.14. The van der Waals surface area contributed by atoms with Gasteiger partial charge in [-0.15, -0.1) is 11.3 Å². The molecule has 1 N–H and O–H groups in total. The van der Waals surface area contributed by atoms with E-state index in [0.29, 0.717) is 36.8 Å². The first-order chi connectivity index (χ1) is 13.8. The van der Waals surface area contributed by atoms with Gasteiger partial charge in [-0.1, -0.05) is 12.1 Å². The molecular weight excluding hydrogens is 372 g/mol. The van der Waals surface area contributed by atoms with E-state index >= 15 is 0 Å². The highest BCUT2D eigenvalue weighted by molar-refractivity contribution is 7.09. The number of carbonyl (C=O) groups is 1. The summed E-state index contributed by atoms with van der Waals surface area (Å²) in [5.41, 5.74) is 1.32. The molecule has 1 amide bonds. The smallest absolute Gasteiger partial charge is 0.272 e. The average molecular weight is 392 g/mol. The summed E-state index contributed by atoms with van der Waals surface area (Å²) in [4.78, 5) is 13.9. The van der Waals surface area contributed by atoms with E-state index in [1.165, 1.54) is 4.88 Å². The molecule has 0 saturated heterocycles. The number of rotatable bonds is 8. The lowest BCUT2D eigenvalue weighted by Crippen LogP contribution is -2.17. The maximum atomic E-state index is 12.7. The van der Waals surface area contributed by atoms with Gasteiger partial charge in [-0.05, 0) is 41.8 Å². The van der Waals surface area contributed by atoms with E-state index in [9.17, 15) is 4.79 Å². The third-order valence-corrected chi connectivity index (χ3v) is 5.07. The van der Waals surface area contributed by atoms with Crippen molar-refractivity contribution in [1.29, 1.82) is 0 Å². The van der Waals surface area contributed by atoms with Crippen LogP contribution in [0.25, 0.3) is 0 Å². The van der Waals surface area contributed by atoms with Gasteiger partial charge in [0.25, 0.3) is 5.91 Å². The van der Waals surface area contributed by atoms with Crippen molar-refractivity contribution in [2.75, 3.05) is 11.9 Å². The molecule has 4 rings (SSSR count). The molecule has 3 aromatic heterocycles. The van der Waals surface area contributed by atoms with Crippen LogP contribution in [-0.2, 0) is 13.1 Å². The monoisotopic (exact) mass is 392 g/mol. The second kappa shape index (κ2) is 8.58. The number of carbonyl (C=O) groups excluding carboxylic acids is 1. The van der Waals surface area contributed by atoms with Gasteiger partial charge in [0.15, 0.2) is 0 Å². The third-order valence-electron chi connectivity index (χ3n) is 4.21. The molecule has 0 aliphatic heterocycles. The molecule has 0 unspecified atom stereocenters. The molecule has 28 heavy (non-hydrogen) atoms. The Morgan fingerprint density at radius 2 is 2.07 bits per heavy atom. The number of anilines is 1. The van der Waals surface area contributed by atoms with Crippen molar-refractivity contribution in [2.45, 2.75) is 13.1 Å². The quantitative estimate of drug-likeness (QED) is 0.491. The molecule has 0 aliphatic carbocycles. The van der Waals surface area contributed by atoms with E-state index in [4.69, 9.17) is 4.74 Å². The second-order valence-electron chi connectivity index (χ2n) is 6.20. The first-order valence-corrected chi connectivity index (χ1v) is 9.85. The largest absolute Gasteiger partial charge is 0.492 e. The Hall–Kier alpha value is -3.32. The minimum absolute atomic E-state index is 0.143. The van der Waals surface area contributed by atoms with Gasteiger partial charge in [-0.2, -0.15) is 5.10 Å². The van der Waals surface area contributed by atoms with Gasteiger partial charge in [0.2, 0.25) is 0 Å². The molecular formula is C21H20N4O2S. The van der Waals surface area contributed by atoms with Crippen LogP contribution in [0.2, 0.25) is 0 Å². The molecule has 0 aliphatic rings. The normalized spacial score (nSPS) is 10.7. The molecule has 0 fully saturated rings. The Labute approximate surface area is 167 Å². The first-order valence-electron chi connectivity index (χ1n) is 8.97. The van der Waals surface area contributed by atoms with Crippen LogP contribution < -0.4 is 10.1 Å². The highest BCUT2D eigenvalue weighted by Crippen LogP contribution is 2.19. The van der Waals surface area contributed by atoms with Gasteiger partial charge < -0.3 is 14.6 Å². The van der Waals surface area contributed by atoms with Crippen LogP contribution in [0.15, 0.2) is 78.6 Å². The van der Waals surface area contributed by atoms with Crippen molar-refractivity contribution in [3.63, 3.8) is 0 Å². The zero-order valence-electron chi connectivity index (χ0n) is 15.2. The molecule has 0 atom stereocenters. The fraction of sp³-hybridized carbons (Fsp3) is 0.143. The van der Waals surface area contributed by atoms with E-state index in [1.54, 1.807) is 17.5 Å². The van der Waals surface area contributed by atoms with Crippen LogP contribution >= 0.6 is 11.3 Å². The van der Waals surface area contributed by atoms with E-state index in [2.05, 4.69) is 16.5 Å². The van der Waals surface area contributed by atoms with Crippen LogP contribution in [0.1, 0.15) is 15.4 Å². The van der Waals surface area contributed by atoms with Crippen LogP contribution in [0.3, 0.4) is 0 Å². The van der Waals surface area contributed by atoms with Crippen LogP contribution in [0, 0.1) is 0 Å². The molecule has 0 spiro atoms. The molecule has 0 radical (unpaired) electrons. The molecule has 4 aromatic rings. The van der Waals surface area contributed by atoms with Crippen molar-refractivity contribution < 1.29 is 9.53 Å². The highest BCUT2D eigenvalue weighted by atomic mass is 32.1. The first kappa shape index (κ1) is 18.1. The summed E-state index contributed by atoms with van der Waals surface area (Å²) in [6.07, 6.45) is 5.55. The Morgan fingerprint density at radius 1 is 1.11 bits per heavy atom. The standard InChI is InChI=1S/C21H20N4O2S/c26-21(20-8-2-10-24(20)16-19-7-3-14-28-19)23-17-5-1-6-18(15-17)27-13-12-25-11-4-9-22-25/h1-11,14-15H,12-13,16H2,(H,23,26). The minimum atomic E-state index is -0.143. The lowest BCUT2D eigenvalue weighted by molar-refractivity contribution is 0.101. The summed E-state index contributed by atoms with van der Waals surface area (Å²) < 4.78 is 9.53. The van der Waals surface area contributed by atoms with Gasteiger partial charge in [0.05, 0.1) is 13.1 Å². The van der Waals surface area contributed by atoms with E-state index in [0.717, 1.165) is 0 Å². The summed E-state index contributed by atoms with van der Waals surface area (Å²) >= 11 is 1.68. The topological polar surface area (TPSA) is 61.1 Å². The fourth-order valence-electron chi connectivity index (χ4n) is 2.88. The van der Waals surface area contributed by atoms with Gasteiger partial charge in [-0.3, -0.25) is 9.48 Å². The van der Waals surface area contributed by atoms with Crippen molar-refractivity contribution in [3.05, 3.63) is 89.1 Å². The summed E-state index contributed by atoms with van der Waals surface area (Å²) in [6.45, 7) is 1.85. The number of aromatic nitrogens is 3. The zero-order valence-corrected chi connectivity index (χ0v) is 16.0. The van der Waals surface area contributed by atoms with Crippen molar-refractivity contribution in [3.8, 4) is 5.75 Å². The summed E-state index contributed by atoms with van der Waals surface area (Å²) in [7, 11) is 0. The van der Waals surface area contributed by atoms with E-state index < -0.39 is 0 Å². The predicted octanol–water partition coefficient (Wildman–Crippen LogP) is 4.13. The SMILES string of the molecule is O=C(Nc1cccc(OCCn2cccn2)c1)c1cccn1Cc1cccs1. The number of hydrogen-bond donors (Lipinski definition) is 1. The summed E-state index contributed by atoms with van der Waals surface area (Å²) in [6, 6.07) is 17.1. The Balaban J connectivity index is 1.37. The fourth-order valence-corrected chi connectivity index (χ4v) is 3.58. The molecule has 0 bridgehead atoms. The molecule has 3 heterocycles. The Morgan fingerprint density at radius 3 is 2.89 bits per heavy atom. The maximum absolute atomic E-state index is 12.7. The zero-order chi connectivity index (χ0) is 19.2. The van der Waals surface area contributed by atoms with Crippen molar-refractivity contribution >= 4 is 22.9 Å². The van der Waals surface area contributed by atoms with E-state index in [1.807, 2.05) is 75.6 Å². The lowest BCUT2D eigenvalue weighted by atomic mass is 10.3. The van der Waals surface area contributed by atoms with E-state index in [-0.39, 0.29) is 5.91 Å². The second-order valence-corrected chi connectivity index (χ2v) is 7.23. The highest BCUT2D eigenvalue weighted by Gasteiger charge is 2.12. The number of nitrogens with one attached hydrogen (secondary N) is 1. The van der Waals surface area contributed by atoms with Crippen molar-refractivity contribution in [2.24, 2.45) is 0 Å². The number of benzene rings is 1. The lowest BCUT2D eigenvalue weighted by Gasteiger charge is -2.11. The Bertz CT molecular complexity index is 1020. The van der Waals surface area contributed by atoms with Crippen molar-refractivity contribution in [1.82, 2.24) is 14.3 Å². The number of nitrogens with zero attached hydrogens (tertiary/aromatic N) is 3. The average Bonchev–Trinajstić information content (AvgIpc) is 3.45. The number of hydrogen-bond acceptors (Lipinski definition) is 4. The third kappa shape index (κ3) is 4.50. The number of amides is 1. The van der Waals surface area contributed by atoms with Crippen LogP contribution in [0.4, 0.5) is 5.69 Å². The predicted molar refractivity (Wildman–Crippen MR) is 110 cm³/mol. The minimum Gasteiger partial charge on any atom is -0.492 e. The molecule has 6 nitrogen and oxygen atoms in total. The van der Waals surface area contributed by atoms with Gasteiger partial charge in [-0.25, -0.2) is 0 Å². The molecule has 0 saturated carbocycles. The van der Waals surface area contributed by atoms with Crippen LogP contribution in [-0.4, -0.2) is 26.9 Å². The molecule has 1 aromatic carbocycles. The molecule has 7 heteroatoms. The van der Waals surface area contributed by atoms with Gasteiger partial charge in [0.1, 0.15) is 18.1 Å². The Kier molecular flexibility index (Phi) is 5.53. The number of thiophene rings is 1. The maximum Gasteiger partial charge on any atom is 0.272 e. The van der Waals surface area contributed by atoms with Gasteiger partial charge in [0, 0.05) is 35.2 Å². The molecule has 142 valence electrons.